The molecule has 6 rings (SSSR count). The Hall–Kier alpha value is -3.66. The van der Waals surface area contributed by atoms with Crippen molar-refractivity contribution < 1.29 is 16.1 Å². The van der Waals surface area contributed by atoms with E-state index in [1.165, 1.54) is 6.07 Å². The molecule has 3 aromatic carbocycles. The minimum absolute atomic E-state index is 0.227. The first kappa shape index (κ1) is 17.0. The summed E-state index contributed by atoms with van der Waals surface area (Å²) in [7, 11) is 3.85. The third-order valence-electron chi connectivity index (χ3n) is 6.47. The molecule has 5 aromatic rings. The van der Waals surface area contributed by atoms with Crippen LogP contribution in [0, 0.1) is 12.7 Å². The van der Waals surface area contributed by atoms with Gasteiger partial charge in [-0.15, -0.1) is 0 Å². The molecule has 0 N–H and O–H groups in total. The van der Waals surface area contributed by atoms with Crippen LogP contribution in [0.1, 0.15) is 13.9 Å². The fourth-order valence-corrected chi connectivity index (χ4v) is 4.91. The van der Waals surface area contributed by atoms with Gasteiger partial charge in [-0.05, 0) is 42.6 Å². The Morgan fingerprint density at radius 1 is 0.969 bits per heavy atom. The van der Waals surface area contributed by atoms with Crippen molar-refractivity contribution in [3.63, 3.8) is 0 Å². The maximum atomic E-state index is 15.5. The monoisotopic (exact) mass is 425 g/mol. The molecule has 32 heavy (non-hydrogen) atoms. The molecule has 0 saturated carbocycles. The third kappa shape index (κ3) is 2.62. The molecule has 3 heterocycles. The lowest BCUT2D eigenvalue weighted by Gasteiger charge is -2.17. The van der Waals surface area contributed by atoms with Crippen molar-refractivity contribution in [1.29, 1.82) is 0 Å². The van der Waals surface area contributed by atoms with Crippen LogP contribution in [0.2, 0.25) is 0 Å². The Labute approximate surface area is 189 Å². The Morgan fingerprint density at radius 2 is 1.75 bits per heavy atom. The Balaban J connectivity index is 1.71. The lowest BCUT2D eigenvalue weighted by Crippen LogP contribution is -2.30. The SMILES string of the molecule is [2H]C1([2H])CN(C)c2c(-c3c(F)ccc4c3oc3c(-c5cccc[n+]5C)c(C)ccc34)cccc21. The highest BCUT2D eigenvalue weighted by Gasteiger charge is 2.26. The predicted octanol–water partition coefficient (Wildman–Crippen LogP) is 6.18. The first-order valence-electron chi connectivity index (χ1n) is 11.7. The van der Waals surface area contributed by atoms with Gasteiger partial charge in [0.15, 0.2) is 6.20 Å². The summed E-state index contributed by atoms with van der Waals surface area (Å²) in [6, 6.07) is 18.8. The number of hydrogen-bond donors (Lipinski definition) is 0. The van der Waals surface area contributed by atoms with Crippen LogP contribution in [-0.2, 0) is 13.4 Å². The molecule has 1 aliphatic rings. The van der Waals surface area contributed by atoms with Crippen LogP contribution in [0.4, 0.5) is 10.1 Å². The van der Waals surface area contributed by atoms with Crippen LogP contribution in [0.3, 0.4) is 0 Å². The first-order valence-corrected chi connectivity index (χ1v) is 10.7. The molecule has 0 radical (unpaired) electrons. The van der Waals surface area contributed by atoms with E-state index in [0.717, 1.165) is 33.2 Å². The molecule has 1 aliphatic heterocycles. The molecule has 3 nitrogen and oxygen atoms in total. The van der Waals surface area contributed by atoms with E-state index < -0.39 is 6.37 Å². The summed E-state index contributed by atoms with van der Waals surface area (Å²) >= 11 is 0. The molecule has 0 aliphatic carbocycles. The topological polar surface area (TPSA) is 20.3 Å². The molecule has 2 aromatic heterocycles. The Morgan fingerprint density at radius 3 is 2.56 bits per heavy atom. The summed E-state index contributed by atoms with van der Waals surface area (Å²) in [5.74, 6) is -0.385. The number of furan rings is 1. The number of hydrogen-bond acceptors (Lipinski definition) is 2. The average molecular weight is 426 g/mol. The minimum atomic E-state index is -1.50. The number of aryl methyl sites for hydroxylation is 2. The highest BCUT2D eigenvalue weighted by molar-refractivity contribution is 6.14. The number of likely N-dealkylation sites (N-methyl/N-ethyl adjacent to an activating group) is 1. The number of para-hydroxylation sites is 1. The van der Waals surface area contributed by atoms with Crippen LogP contribution in [0.15, 0.2) is 71.3 Å². The normalized spacial score (nSPS) is 15.8. The fourth-order valence-electron chi connectivity index (χ4n) is 4.91. The van der Waals surface area contributed by atoms with Gasteiger partial charge in [-0.3, -0.25) is 0 Å². The molecule has 158 valence electrons. The van der Waals surface area contributed by atoms with Crippen LogP contribution < -0.4 is 9.47 Å². The van der Waals surface area contributed by atoms with Gasteiger partial charge in [-0.2, -0.15) is 0 Å². The zero-order valence-corrected chi connectivity index (χ0v) is 18.2. The van der Waals surface area contributed by atoms with E-state index in [1.807, 2.05) is 49.5 Å². The van der Waals surface area contributed by atoms with Gasteiger partial charge in [0.2, 0.25) is 5.69 Å². The summed E-state index contributed by atoms with van der Waals surface area (Å²) in [5.41, 5.74) is 6.58. The predicted molar refractivity (Wildman–Crippen MR) is 127 cm³/mol. The van der Waals surface area contributed by atoms with E-state index in [0.29, 0.717) is 28.0 Å². The fraction of sp³-hybridized carbons (Fsp3) is 0.179. The van der Waals surface area contributed by atoms with E-state index in [4.69, 9.17) is 7.16 Å². The van der Waals surface area contributed by atoms with Crippen molar-refractivity contribution in [2.75, 3.05) is 18.5 Å². The van der Waals surface area contributed by atoms with Gasteiger partial charge in [0.25, 0.3) is 0 Å². The second-order valence-electron chi connectivity index (χ2n) is 8.47. The van der Waals surface area contributed by atoms with E-state index in [-0.39, 0.29) is 12.4 Å². The summed E-state index contributed by atoms with van der Waals surface area (Å²) in [5, 5.41) is 1.77. The second kappa shape index (κ2) is 6.92. The molecule has 0 amide bonds. The van der Waals surface area contributed by atoms with Crippen LogP contribution in [-0.4, -0.2) is 13.6 Å². The smallest absolute Gasteiger partial charge is 0.216 e. The molecule has 0 fully saturated rings. The van der Waals surface area contributed by atoms with Gasteiger partial charge < -0.3 is 9.32 Å². The lowest BCUT2D eigenvalue weighted by atomic mass is 9.96. The summed E-state index contributed by atoms with van der Waals surface area (Å²) in [4.78, 5) is 1.87. The Kier molecular flexibility index (Phi) is 3.67. The molecule has 0 spiro atoms. The number of fused-ring (bicyclic) bond motifs is 4. The quantitative estimate of drug-likeness (QED) is 0.315. The number of rotatable bonds is 2. The van der Waals surface area contributed by atoms with Crippen molar-refractivity contribution >= 4 is 27.6 Å². The summed E-state index contributed by atoms with van der Waals surface area (Å²) < 4.78 is 41.0. The standard InChI is InChI=1S/C28H24FN2O/c1-17-10-11-19-20-12-13-22(29)25(21-8-6-7-18-14-16-31(3)26(18)21)28(20)32-27(19)24(17)23-9-4-5-15-30(23)2/h4-13,15H,14,16H2,1-3H3/q+1/i14D2. The first-order chi connectivity index (χ1) is 16.3. The molecule has 0 unspecified atom stereocenters. The average Bonchev–Trinajstić information content (AvgIpc) is 3.28. The summed E-state index contributed by atoms with van der Waals surface area (Å²) in [6.45, 7) is 2.28. The van der Waals surface area contributed by atoms with Crippen molar-refractivity contribution in [3.05, 3.63) is 83.8 Å². The van der Waals surface area contributed by atoms with Gasteiger partial charge in [0.05, 0.1) is 11.1 Å². The number of halogens is 1. The van der Waals surface area contributed by atoms with Gasteiger partial charge >= 0.3 is 0 Å². The zero-order chi connectivity index (χ0) is 23.8. The molecular formula is C28H24FN2O+. The maximum Gasteiger partial charge on any atom is 0.216 e. The maximum absolute atomic E-state index is 15.5. The van der Waals surface area contributed by atoms with Crippen LogP contribution in [0.5, 0.6) is 0 Å². The van der Waals surface area contributed by atoms with E-state index in [9.17, 15) is 0 Å². The largest absolute Gasteiger partial charge is 0.454 e. The third-order valence-corrected chi connectivity index (χ3v) is 6.47. The van der Waals surface area contributed by atoms with E-state index >= 15 is 4.39 Å². The van der Waals surface area contributed by atoms with Crippen LogP contribution >= 0.6 is 0 Å². The van der Waals surface area contributed by atoms with Crippen molar-refractivity contribution in [2.24, 2.45) is 7.05 Å². The highest BCUT2D eigenvalue weighted by Crippen LogP contribution is 2.45. The van der Waals surface area contributed by atoms with Crippen LogP contribution in [0.25, 0.3) is 44.3 Å². The number of aromatic nitrogens is 1. The Bertz CT molecular complexity index is 1620. The number of benzene rings is 3. The molecule has 0 bridgehead atoms. The van der Waals surface area contributed by atoms with Gasteiger partial charge in [-0.1, -0.05) is 30.3 Å². The van der Waals surface area contributed by atoms with Gasteiger partial charge in [0, 0.05) is 50.5 Å². The van der Waals surface area contributed by atoms with Crippen molar-refractivity contribution in [3.8, 4) is 22.4 Å². The van der Waals surface area contributed by atoms with E-state index in [1.54, 1.807) is 18.2 Å². The van der Waals surface area contributed by atoms with Crippen molar-refractivity contribution in [2.45, 2.75) is 13.3 Å². The minimum Gasteiger partial charge on any atom is -0.454 e. The molecule has 4 heteroatoms. The lowest BCUT2D eigenvalue weighted by molar-refractivity contribution is -0.660. The number of anilines is 1. The number of pyridine rings is 1. The van der Waals surface area contributed by atoms with Gasteiger partial charge in [0.1, 0.15) is 24.0 Å². The van der Waals surface area contributed by atoms with Crippen molar-refractivity contribution in [1.82, 2.24) is 0 Å². The molecule has 0 saturated heterocycles. The molecule has 0 atom stereocenters. The highest BCUT2D eigenvalue weighted by atomic mass is 19.1. The van der Waals surface area contributed by atoms with E-state index in [2.05, 4.69) is 23.6 Å². The second-order valence-corrected chi connectivity index (χ2v) is 8.47. The number of nitrogens with zero attached hydrogens (tertiary/aromatic N) is 2. The summed E-state index contributed by atoms with van der Waals surface area (Å²) in [6.07, 6.45) is 0.503. The molecular weight excluding hydrogens is 399 g/mol. The zero-order valence-electron chi connectivity index (χ0n) is 20.2. The van der Waals surface area contributed by atoms with Gasteiger partial charge in [-0.25, -0.2) is 8.96 Å².